The van der Waals surface area contributed by atoms with Gasteiger partial charge in [0.25, 0.3) is 0 Å². The van der Waals surface area contributed by atoms with Gasteiger partial charge < -0.3 is 14.4 Å². The van der Waals surface area contributed by atoms with Gasteiger partial charge in [-0.3, -0.25) is 9.69 Å². The van der Waals surface area contributed by atoms with E-state index in [-0.39, 0.29) is 18.5 Å². The maximum atomic E-state index is 15.0. The maximum absolute atomic E-state index is 15.0. The Morgan fingerprint density at radius 1 is 1.09 bits per heavy atom. The fourth-order valence-electron chi connectivity index (χ4n) is 3.22. The van der Waals surface area contributed by atoms with Crippen LogP contribution < -0.4 is 0 Å². The first-order valence-corrected chi connectivity index (χ1v) is 11.0. The summed E-state index contributed by atoms with van der Waals surface area (Å²) < 4.78 is 25.5. The number of benzene rings is 1. The van der Waals surface area contributed by atoms with Gasteiger partial charge in [0.15, 0.2) is 0 Å². The Bertz CT molecular complexity index is 901. The van der Waals surface area contributed by atoms with E-state index in [2.05, 4.69) is 16.7 Å². The summed E-state index contributed by atoms with van der Waals surface area (Å²) in [4.78, 5) is 28.3. The Labute approximate surface area is 191 Å². The second kappa shape index (κ2) is 10.4. The zero-order valence-electron chi connectivity index (χ0n) is 20.3. The van der Waals surface area contributed by atoms with Crippen LogP contribution in [0.1, 0.15) is 58.2 Å². The van der Waals surface area contributed by atoms with Gasteiger partial charge in [-0.2, -0.15) is 0 Å². The molecule has 1 aromatic carbocycles. The predicted molar refractivity (Wildman–Crippen MR) is 122 cm³/mol. The normalized spacial score (nSPS) is 15.1. The molecule has 0 unspecified atom stereocenters. The largest absolute Gasteiger partial charge is 0.465 e. The Balaban J connectivity index is 2.15. The average Bonchev–Trinajstić information content (AvgIpc) is 2.70. The average molecular weight is 447 g/mol. The Hall–Kier alpha value is -2.59. The van der Waals surface area contributed by atoms with Gasteiger partial charge in [-0.25, -0.2) is 9.18 Å². The summed E-state index contributed by atoms with van der Waals surface area (Å²) in [5.74, 6) is 5.00. The molecule has 32 heavy (non-hydrogen) atoms. The molecule has 0 atom stereocenters. The van der Waals surface area contributed by atoms with Crippen molar-refractivity contribution in [2.75, 3.05) is 32.8 Å². The Kier molecular flexibility index (Phi) is 8.30. The van der Waals surface area contributed by atoms with Crippen molar-refractivity contribution in [1.82, 2.24) is 9.80 Å². The van der Waals surface area contributed by atoms with Gasteiger partial charge >= 0.3 is 12.1 Å². The van der Waals surface area contributed by atoms with E-state index in [4.69, 9.17) is 9.47 Å². The van der Waals surface area contributed by atoms with Crippen molar-refractivity contribution >= 4 is 12.1 Å². The van der Waals surface area contributed by atoms with Crippen molar-refractivity contribution in [3.05, 3.63) is 34.6 Å². The van der Waals surface area contributed by atoms with Crippen LogP contribution in [0.5, 0.6) is 0 Å². The molecule has 1 aliphatic heterocycles. The van der Waals surface area contributed by atoms with Crippen molar-refractivity contribution in [2.24, 2.45) is 5.41 Å². The molecule has 0 radical (unpaired) electrons. The van der Waals surface area contributed by atoms with Gasteiger partial charge in [-0.1, -0.05) is 24.0 Å². The minimum absolute atomic E-state index is 0.267. The number of carbonyl (C=O) groups is 2. The smallest absolute Gasteiger partial charge is 0.410 e. The third-order valence-corrected chi connectivity index (χ3v) is 5.13. The van der Waals surface area contributed by atoms with E-state index in [0.717, 1.165) is 5.56 Å². The first-order chi connectivity index (χ1) is 14.8. The van der Waals surface area contributed by atoms with E-state index in [1.165, 1.54) is 0 Å². The number of amides is 1. The highest BCUT2D eigenvalue weighted by atomic mass is 19.1. The number of piperazine rings is 1. The lowest BCUT2D eigenvalue weighted by Crippen LogP contribution is -2.49. The third-order valence-electron chi connectivity index (χ3n) is 5.13. The molecule has 1 saturated heterocycles. The lowest BCUT2D eigenvalue weighted by molar-refractivity contribution is -0.150. The number of carbonyl (C=O) groups excluding carboxylic acids is 2. The van der Waals surface area contributed by atoms with Gasteiger partial charge in [0.05, 0.1) is 12.2 Å². The monoisotopic (exact) mass is 446 g/mol. The summed E-state index contributed by atoms with van der Waals surface area (Å²) in [6.45, 7) is 15.5. The number of ether oxygens (including phenoxy) is 2. The summed E-state index contributed by atoms with van der Waals surface area (Å²) in [5, 5.41) is 0. The molecule has 0 spiro atoms. The standard InChI is InChI=1S/C25H35FN2O4/c1-8-31-22(29)25(6,7)12-11-20-19(10-9-18(2)21(20)26)17-27-13-15-28(16-14-27)23(30)32-24(3,4)5/h9-10H,8,13-17H2,1-7H3. The van der Waals surface area contributed by atoms with Crippen LogP contribution >= 0.6 is 0 Å². The van der Waals surface area contributed by atoms with Crippen LogP contribution in [-0.2, 0) is 20.8 Å². The lowest BCUT2D eigenvalue weighted by Gasteiger charge is -2.35. The zero-order chi connectivity index (χ0) is 24.1. The molecule has 1 aromatic rings. The molecule has 2 rings (SSSR count). The summed E-state index contributed by atoms with van der Waals surface area (Å²) in [6.07, 6.45) is -0.314. The SMILES string of the molecule is CCOC(=O)C(C)(C)C#Cc1c(CN2CCN(C(=O)OC(C)(C)C)CC2)ccc(C)c1F. The van der Waals surface area contributed by atoms with Crippen molar-refractivity contribution in [1.29, 1.82) is 0 Å². The molecule has 7 heteroatoms. The summed E-state index contributed by atoms with van der Waals surface area (Å²) in [7, 11) is 0. The van der Waals surface area contributed by atoms with Crippen LogP contribution in [0.2, 0.25) is 0 Å². The molecule has 1 amide bonds. The van der Waals surface area contributed by atoms with Gasteiger partial charge in [0.2, 0.25) is 0 Å². The van der Waals surface area contributed by atoms with E-state index >= 15 is 0 Å². The maximum Gasteiger partial charge on any atom is 0.410 e. The first-order valence-electron chi connectivity index (χ1n) is 11.0. The molecular weight excluding hydrogens is 411 g/mol. The van der Waals surface area contributed by atoms with Crippen LogP contribution in [0.15, 0.2) is 12.1 Å². The number of nitrogens with zero attached hydrogens (tertiary/aromatic N) is 2. The fourth-order valence-corrected chi connectivity index (χ4v) is 3.22. The highest BCUT2D eigenvalue weighted by Crippen LogP contribution is 2.22. The number of rotatable bonds is 4. The predicted octanol–water partition coefficient (Wildman–Crippen LogP) is 4.13. The lowest BCUT2D eigenvalue weighted by atomic mass is 9.93. The van der Waals surface area contributed by atoms with Gasteiger partial charge in [-0.05, 0) is 59.6 Å². The molecule has 0 bridgehead atoms. The molecule has 176 valence electrons. The molecular formula is C25H35FN2O4. The second-order valence-corrected chi connectivity index (χ2v) is 9.57. The van der Waals surface area contributed by atoms with Crippen LogP contribution in [0.3, 0.4) is 0 Å². The van der Waals surface area contributed by atoms with E-state index in [1.54, 1.807) is 38.7 Å². The topological polar surface area (TPSA) is 59.1 Å². The minimum atomic E-state index is -1.04. The first kappa shape index (κ1) is 25.7. The summed E-state index contributed by atoms with van der Waals surface area (Å²) >= 11 is 0. The van der Waals surface area contributed by atoms with E-state index in [9.17, 15) is 14.0 Å². The van der Waals surface area contributed by atoms with Gasteiger partial charge in [0, 0.05) is 32.7 Å². The molecule has 0 N–H and O–H groups in total. The van der Waals surface area contributed by atoms with E-state index in [0.29, 0.717) is 43.9 Å². The molecule has 6 nitrogen and oxygen atoms in total. The number of hydrogen-bond donors (Lipinski definition) is 0. The highest BCUT2D eigenvalue weighted by molar-refractivity contribution is 5.79. The van der Waals surface area contributed by atoms with Crippen molar-refractivity contribution in [3.63, 3.8) is 0 Å². The zero-order valence-corrected chi connectivity index (χ0v) is 20.3. The molecule has 1 aliphatic rings. The summed E-state index contributed by atoms with van der Waals surface area (Å²) in [5.41, 5.74) is -0.00853. The van der Waals surface area contributed by atoms with Crippen LogP contribution in [0.4, 0.5) is 9.18 Å². The summed E-state index contributed by atoms with van der Waals surface area (Å²) in [6, 6.07) is 3.61. The number of hydrogen-bond acceptors (Lipinski definition) is 5. The van der Waals surface area contributed by atoms with E-state index < -0.39 is 17.0 Å². The van der Waals surface area contributed by atoms with Gasteiger partial charge in [0.1, 0.15) is 16.8 Å². The number of halogens is 1. The highest BCUT2D eigenvalue weighted by Gasteiger charge is 2.28. The third kappa shape index (κ3) is 6.96. The quantitative estimate of drug-likeness (QED) is 0.514. The van der Waals surface area contributed by atoms with Gasteiger partial charge in [-0.15, -0.1) is 0 Å². The second-order valence-electron chi connectivity index (χ2n) is 9.57. The van der Waals surface area contributed by atoms with Crippen molar-refractivity contribution < 1.29 is 23.5 Å². The molecule has 1 fully saturated rings. The van der Waals surface area contributed by atoms with Crippen LogP contribution in [0.25, 0.3) is 0 Å². The molecule has 0 saturated carbocycles. The van der Waals surface area contributed by atoms with Crippen LogP contribution in [0, 0.1) is 30.0 Å². The number of aryl methyl sites for hydroxylation is 1. The van der Waals surface area contributed by atoms with Crippen LogP contribution in [-0.4, -0.2) is 60.2 Å². The molecule has 0 aromatic heterocycles. The minimum Gasteiger partial charge on any atom is -0.465 e. The van der Waals surface area contributed by atoms with E-state index in [1.807, 2.05) is 26.8 Å². The molecule has 1 heterocycles. The Morgan fingerprint density at radius 3 is 2.28 bits per heavy atom. The van der Waals surface area contributed by atoms with Crippen molar-refractivity contribution in [3.8, 4) is 11.8 Å². The number of esters is 1. The van der Waals surface area contributed by atoms with Crippen molar-refractivity contribution in [2.45, 2.75) is 60.6 Å². The fraction of sp³-hybridized carbons (Fsp3) is 0.600. The molecule has 0 aliphatic carbocycles. The Morgan fingerprint density at radius 2 is 1.72 bits per heavy atom.